The lowest BCUT2D eigenvalue weighted by atomic mass is 10.3. The zero-order valence-electron chi connectivity index (χ0n) is 4.09. The number of rotatable bonds is 0. The van der Waals surface area contributed by atoms with E-state index in [0.717, 1.165) is 5.66 Å². The Kier molecular flexibility index (Phi) is 0.984. The van der Waals surface area contributed by atoms with Crippen LogP contribution in [-0.4, -0.2) is 11.8 Å². The number of fused-ring (bicyclic) bond motifs is 2. The second kappa shape index (κ2) is 1.54. The van der Waals surface area contributed by atoms with Crippen molar-refractivity contribution in [2.75, 3.05) is 6.16 Å². The first kappa shape index (κ1) is 4.48. The lowest BCUT2D eigenvalue weighted by Gasteiger charge is -1.96. The van der Waals surface area contributed by atoms with Crippen LogP contribution in [0, 0.1) is 0 Å². The molecule has 0 spiro atoms. The highest BCUT2D eigenvalue weighted by Crippen LogP contribution is 2.70. The van der Waals surface area contributed by atoms with Gasteiger partial charge in [-0.25, -0.2) is 0 Å². The van der Waals surface area contributed by atoms with E-state index in [9.17, 15) is 0 Å². The van der Waals surface area contributed by atoms with Gasteiger partial charge in [0, 0.05) is 0 Å². The van der Waals surface area contributed by atoms with Crippen LogP contribution in [0.1, 0.15) is 6.42 Å². The van der Waals surface area contributed by atoms with Crippen LogP contribution < -0.4 is 0 Å². The zero-order chi connectivity index (χ0) is 4.69. The molecule has 3 unspecified atom stereocenters. The molecule has 0 aromatic rings. The lowest BCUT2D eigenvalue weighted by molar-refractivity contribution is 0.996. The summed E-state index contributed by atoms with van der Waals surface area (Å²) in [6.07, 6.45) is 5.49. The molecule has 0 aromatic heterocycles. The van der Waals surface area contributed by atoms with E-state index in [2.05, 4.69) is 11.9 Å². The third-order valence-corrected chi connectivity index (χ3v) is 7.04. The zero-order valence-corrected chi connectivity index (χ0v) is 5.99. The summed E-state index contributed by atoms with van der Waals surface area (Å²) >= 11 is 0. The van der Waals surface area contributed by atoms with E-state index in [-0.39, 0.29) is 0 Å². The summed E-state index contributed by atoms with van der Waals surface area (Å²) in [6.45, 7) is 0. The largest absolute Gasteiger partial charge is 0.0849 e. The summed E-state index contributed by atoms with van der Waals surface area (Å²) in [4.78, 5) is 0. The van der Waals surface area contributed by atoms with Crippen LogP contribution in [0.4, 0.5) is 0 Å². The molecule has 2 heteroatoms. The van der Waals surface area contributed by atoms with Crippen molar-refractivity contribution in [3.8, 4) is 0 Å². The topological polar surface area (TPSA) is 0 Å². The number of allylic oxidation sites excluding steroid dienone is 1. The van der Waals surface area contributed by atoms with Gasteiger partial charge in [-0.2, -0.15) is 0 Å². The Morgan fingerprint density at radius 2 is 2.71 bits per heavy atom. The number of hydrogen-bond acceptors (Lipinski definition) is 0. The maximum Gasteiger partial charge on any atom is -0.000832 e. The predicted octanol–water partition coefficient (Wildman–Crippen LogP) is 2.36. The van der Waals surface area contributed by atoms with Crippen molar-refractivity contribution in [1.82, 2.24) is 0 Å². The molecule has 2 aliphatic heterocycles. The summed E-state index contributed by atoms with van der Waals surface area (Å²) in [5.74, 6) is 2.46. The SMILES string of the molecule is C1=CP2CCC1P2. The van der Waals surface area contributed by atoms with Crippen molar-refractivity contribution in [3.05, 3.63) is 11.9 Å². The molecule has 38 valence electrons. The third-order valence-electron chi connectivity index (χ3n) is 1.51. The first-order valence-electron chi connectivity index (χ1n) is 2.66. The van der Waals surface area contributed by atoms with Crippen LogP contribution in [0.15, 0.2) is 11.9 Å². The molecule has 2 bridgehead atoms. The standard InChI is InChI=1S/C5H8P2/c1-3-7-4-2-5(1)6-7/h1,3,5-6H,2,4H2. The van der Waals surface area contributed by atoms with Gasteiger partial charge in [-0.1, -0.05) is 27.8 Å². The molecule has 0 aromatic carbocycles. The first-order valence-corrected chi connectivity index (χ1v) is 6.18. The molecule has 2 rings (SSSR count). The van der Waals surface area contributed by atoms with Crippen LogP contribution in [0.3, 0.4) is 0 Å². The normalized spacial score (nSPS) is 49.1. The molecular weight excluding hydrogens is 122 g/mol. The summed E-state index contributed by atoms with van der Waals surface area (Å²) < 4.78 is 0. The summed E-state index contributed by atoms with van der Waals surface area (Å²) in [5, 5.41) is 0. The fourth-order valence-corrected chi connectivity index (χ4v) is 6.92. The molecule has 0 amide bonds. The Morgan fingerprint density at radius 3 is 2.86 bits per heavy atom. The van der Waals surface area contributed by atoms with Crippen LogP contribution in [0.2, 0.25) is 0 Å². The summed E-state index contributed by atoms with van der Waals surface area (Å²) in [7, 11) is 1.80. The predicted molar refractivity (Wildman–Crippen MR) is 37.6 cm³/mol. The smallest absolute Gasteiger partial charge is 0.000832 e. The molecule has 0 saturated carbocycles. The van der Waals surface area contributed by atoms with E-state index in [1.54, 1.807) is 6.16 Å². The molecule has 0 aliphatic carbocycles. The Balaban J connectivity index is 2.27. The highest BCUT2D eigenvalue weighted by Gasteiger charge is 2.24. The van der Waals surface area contributed by atoms with Crippen molar-refractivity contribution in [2.45, 2.75) is 12.1 Å². The molecule has 0 nitrogen and oxygen atoms in total. The van der Waals surface area contributed by atoms with Crippen molar-refractivity contribution >= 4 is 15.9 Å². The Hall–Kier alpha value is 0.600. The molecule has 1 saturated heterocycles. The minimum Gasteiger partial charge on any atom is -0.0849 e. The van der Waals surface area contributed by atoms with E-state index in [0.29, 0.717) is 7.61 Å². The fourth-order valence-electron chi connectivity index (χ4n) is 1.08. The number of hydrogen-bond donors (Lipinski definition) is 0. The van der Waals surface area contributed by atoms with Crippen molar-refractivity contribution < 1.29 is 0 Å². The summed E-state index contributed by atoms with van der Waals surface area (Å²) in [6, 6.07) is 0. The maximum atomic E-state index is 2.46. The van der Waals surface area contributed by atoms with Gasteiger partial charge in [0.25, 0.3) is 0 Å². The van der Waals surface area contributed by atoms with Gasteiger partial charge in [-0.15, -0.1) is 0 Å². The lowest BCUT2D eigenvalue weighted by Crippen LogP contribution is -1.88. The average molecular weight is 130 g/mol. The average Bonchev–Trinajstić information content (AvgIpc) is 2.22. The Labute approximate surface area is 46.8 Å². The maximum absolute atomic E-state index is 2.46. The highest BCUT2D eigenvalue weighted by atomic mass is 32.0. The van der Waals surface area contributed by atoms with Gasteiger partial charge in [0.2, 0.25) is 0 Å². The van der Waals surface area contributed by atoms with Crippen LogP contribution >= 0.6 is 15.9 Å². The van der Waals surface area contributed by atoms with Gasteiger partial charge >= 0.3 is 0 Å². The van der Waals surface area contributed by atoms with Crippen molar-refractivity contribution in [1.29, 1.82) is 0 Å². The first-order chi connectivity index (χ1) is 3.45. The molecule has 1 fully saturated rings. The Bertz CT molecular complexity index is 96.6. The highest BCUT2D eigenvalue weighted by molar-refractivity contribution is 8.24. The minimum atomic E-state index is 0.478. The minimum absolute atomic E-state index is 0.478. The molecule has 0 N–H and O–H groups in total. The molecule has 0 radical (unpaired) electrons. The quantitative estimate of drug-likeness (QED) is 0.441. The monoisotopic (exact) mass is 130 g/mol. The van der Waals surface area contributed by atoms with E-state index >= 15 is 0 Å². The van der Waals surface area contributed by atoms with Crippen LogP contribution in [-0.2, 0) is 0 Å². The third kappa shape index (κ3) is 0.655. The molecule has 2 heterocycles. The van der Waals surface area contributed by atoms with Gasteiger partial charge < -0.3 is 0 Å². The van der Waals surface area contributed by atoms with Gasteiger partial charge in [-0.3, -0.25) is 0 Å². The van der Waals surface area contributed by atoms with Gasteiger partial charge in [0.15, 0.2) is 0 Å². The second-order valence-corrected chi connectivity index (χ2v) is 7.24. The Morgan fingerprint density at radius 1 is 1.71 bits per heavy atom. The van der Waals surface area contributed by atoms with Gasteiger partial charge in [0.05, 0.1) is 0 Å². The molecular formula is C5H8P2. The van der Waals surface area contributed by atoms with E-state index in [4.69, 9.17) is 0 Å². The van der Waals surface area contributed by atoms with Crippen molar-refractivity contribution in [3.63, 3.8) is 0 Å². The fraction of sp³-hybridized carbons (Fsp3) is 0.600. The van der Waals surface area contributed by atoms with E-state index < -0.39 is 0 Å². The molecule has 3 atom stereocenters. The van der Waals surface area contributed by atoms with E-state index in [1.165, 1.54) is 14.7 Å². The molecule has 7 heavy (non-hydrogen) atoms. The van der Waals surface area contributed by atoms with Gasteiger partial charge in [-0.05, 0) is 18.2 Å². The van der Waals surface area contributed by atoms with Gasteiger partial charge in [0.1, 0.15) is 0 Å². The van der Waals surface area contributed by atoms with E-state index in [1.807, 2.05) is 0 Å². The summed E-state index contributed by atoms with van der Waals surface area (Å²) in [5.41, 5.74) is 1.05. The van der Waals surface area contributed by atoms with Crippen LogP contribution in [0.5, 0.6) is 0 Å². The second-order valence-electron chi connectivity index (χ2n) is 2.06. The van der Waals surface area contributed by atoms with Crippen molar-refractivity contribution in [2.24, 2.45) is 0 Å². The van der Waals surface area contributed by atoms with Crippen LogP contribution in [0.25, 0.3) is 0 Å². The molecule has 2 aliphatic rings.